The van der Waals surface area contributed by atoms with Gasteiger partial charge in [-0.15, -0.1) is 5.10 Å². The van der Waals surface area contributed by atoms with E-state index in [1.807, 2.05) is 0 Å². The highest BCUT2D eigenvalue weighted by atomic mass is 32.1. The summed E-state index contributed by atoms with van der Waals surface area (Å²) in [6.07, 6.45) is 1.52. The molecule has 1 unspecified atom stereocenters. The van der Waals surface area contributed by atoms with E-state index in [-0.39, 0.29) is 5.91 Å². The zero-order chi connectivity index (χ0) is 18.7. The van der Waals surface area contributed by atoms with Crippen molar-refractivity contribution in [1.82, 2.24) is 14.7 Å². The number of rotatable bonds is 7. The average Bonchev–Trinajstić information content (AvgIpc) is 3.14. The first-order chi connectivity index (χ1) is 12.4. The molecule has 1 fully saturated rings. The Morgan fingerprint density at radius 1 is 1.31 bits per heavy atom. The number of benzene rings is 1. The van der Waals surface area contributed by atoms with Gasteiger partial charge in [-0.3, -0.25) is 4.79 Å². The molecule has 1 N–H and O–H groups in total. The third kappa shape index (κ3) is 4.59. The van der Waals surface area contributed by atoms with Crippen molar-refractivity contribution in [2.45, 2.75) is 52.4 Å². The molecule has 0 bridgehead atoms. The van der Waals surface area contributed by atoms with Crippen molar-refractivity contribution in [2.24, 2.45) is 0 Å². The molecule has 0 radical (unpaired) electrons. The Labute approximate surface area is 159 Å². The lowest BCUT2D eigenvalue weighted by Crippen LogP contribution is -3.07. The van der Waals surface area contributed by atoms with Gasteiger partial charge in [0.25, 0.3) is 4.84 Å². The molecule has 140 valence electrons. The molecule has 6 nitrogen and oxygen atoms in total. The van der Waals surface area contributed by atoms with Crippen molar-refractivity contribution in [3.05, 3.63) is 46.1 Å². The molecule has 1 saturated heterocycles. The SMILES string of the molecule is CC(C)c1ccc(C[NH+](C)Cn2nc(CN3CCCC3=O)oc2=S)cc1. The Bertz CT molecular complexity index is 810. The zero-order valence-corrected chi connectivity index (χ0v) is 16.5. The van der Waals surface area contributed by atoms with Crippen LogP contribution in [0.3, 0.4) is 0 Å². The van der Waals surface area contributed by atoms with Crippen LogP contribution in [0.5, 0.6) is 0 Å². The molecule has 1 aromatic carbocycles. The van der Waals surface area contributed by atoms with Crippen molar-refractivity contribution in [2.75, 3.05) is 13.6 Å². The molecule has 0 saturated carbocycles. The summed E-state index contributed by atoms with van der Waals surface area (Å²) in [6.45, 7) is 7.09. The van der Waals surface area contributed by atoms with Crippen LogP contribution in [0.4, 0.5) is 0 Å². The van der Waals surface area contributed by atoms with Gasteiger partial charge in [0, 0.05) is 18.5 Å². The maximum Gasteiger partial charge on any atom is 0.291 e. The van der Waals surface area contributed by atoms with Gasteiger partial charge in [0.05, 0.1) is 13.6 Å². The molecule has 1 atom stereocenters. The van der Waals surface area contributed by atoms with E-state index in [2.05, 4.69) is 50.3 Å². The number of amides is 1. The first-order valence-corrected chi connectivity index (χ1v) is 9.58. The van der Waals surface area contributed by atoms with Crippen LogP contribution in [-0.4, -0.2) is 34.2 Å². The fourth-order valence-electron chi connectivity index (χ4n) is 3.23. The van der Waals surface area contributed by atoms with Crippen molar-refractivity contribution in [3.8, 4) is 0 Å². The van der Waals surface area contributed by atoms with Gasteiger partial charge in [-0.1, -0.05) is 38.1 Å². The minimum Gasteiger partial charge on any atom is -0.412 e. The van der Waals surface area contributed by atoms with Gasteiger partial charge in [0.15, 0.2) is 6.67 Å². The standard InChI is InChI=1S/C19H26N4O2S/c1-14(2)16-8-6-15(7-9-16)11-21(3)13-23-19(26)25-17(20-23)12-22-10-4-5-18(22)24/h6-9,14H,4-5,10-13H2,1-3H3/p+1. The summed E-state index contributed by atoms with van der Waals surface area (Å²) in [5.74, 6) is 1.22. The number of carbonyl (C=O) groups excluding carboxylic acids is 1. The van der Waals surface area contributed by atoms with Gasteiger partial charge in [0.2, 0.25) is 11.8 Å². The van der Waals surface area contributed by atoms with Crippen molar-refractivity contribution < 1.29 is 14.1 Å². The van der Waals surface area contributed by atoms with E-state index >= 15 is 0 Å². The van der Waals surface area contributed by atoms with E-state index in [0.29, 0.717) is 36.3 Å². The van der Waals surface area contributed by atoms with Crippen LogP contribution in [0.25, 0.3) is 0 Å². The van der Waals surface area contributed by atoms with Crippen LogP contribution in [0.15, 0.2) is 28.7 Å². The quantitative estimate of drug-likeness (QED) is 0.753. The van der Waals surface area contributed by atoms with Crippen LogP contribution in [0, 0.1) is 4.84 Å². The lowest BCUT2D eigenvalue weighted by molar-refractivity contribution is -0.917. The van der Waals surface area contributed by atoms with Crippen LogP contribution in [0.1, 0.15) is 49.6 Å². The van der Waals surface area contributed by atoms with E-state index in [0.717, 1.165) is 19.5 Å². The number of hydrogen-bond donors (Lipinski definition) is 1. The van der Waals surface area contributed by atoms with Gasteiger partial charge >= 0.3 is 0 Å². The third-order valence-corrected chi connectivity index (χ3v) is 5.01. The fraction of sp³-hybridized carbons (Fsp3) is 0.526. The molecule has 0 aliphatic carbocycles. The number of nitrogens with one attached hydrogen (secondary N) is 1. The first kappa shape index (κ1) is 18.8. The monoisotopic (exact) mass is 375 g/mol. The lowest BCUT2D eigenvalue weighted by atomic mass is 10.0. The summed E-state index contributed by atoms with van der Waals surface area (Å²) in [5.41, 5.74) is 2.64. The number of carbonyl (C=O) groups is 1. The lowest BCUT2D eigenvalue weighted by Gasteiger charge is -2.14. The Hall–Kier alpha value is -1.99. The molecule has 2 aromatic rings. The predicted octanol–water partition coefficient (Wildman–Crippen LogP) is 2.12. The van der Waals surface area contributed by atoms with Crippen LogP contribution >= 0.6 is 12.2 Å². The number of quaternary nitrogens is 1. The summed E-state index contributed by atoms with van der Waals surface area (Å²) in [4.78, 5) is 15.1. The average molecular weight is 376 g/mol. The summed E-state index contributed by atoms with van der Waals surface area (Å²) >= 11 is 5.29. The Kier molecular flexibility index (Phi) is 5.88. The zero-order valence-electron chi connectivity index (χ0n) is 15.7. The summed E-state index contributed by atoms with van der Waals surface area (Å²) in [6, 6.07) is 8.76. The highest BCUT2D eigenvalue weighted by molar-refractivity contribution is 7.71. The first-order valence-electron chi connectivity index (χ1n) is 9.17. The van der Waals surface area contributed by atoms with Crippen LogP contribution in [-0.2, 0) is 24.6 Å². The van der Waals surface area contributed by atoms with Gasteiger partial charge < -0.3 is 14.2 Å². The maximum absolute atomic E-state index is 11.7. The van der Waals surface area contributed by atoms with E-state index < -0.39 is 0 Å². The number of likely N-dealkylation sites (tertiary alicyclic amines) is 1. The van der Waals surface area contributed by atoms with E-state index in [4.69, 9.17) is 16.6 Å². The molecule has 3 rings (SSSR count). The Balaban J connectivity index is 1.59. The molecular weight excluding hydrogens is 348 g/mol. The van der Waals surface area contributed by atoms with E-state index in [1.165, 1.54) is 16.0 Å². The van der Waals surface area contributed by atoms with Crippen molar-refractivity contribution in [3.63, 3.8) is 0 Å². The fourth-order valence-corrected chi connectivity index (χ4v) is 3.43. The third-order valence-electron chi connectivity index (χ3n) is 4.72. The van der Waals surface area contributed by atoms with Crippen molar-refractivity contribution in [1.29, 1.82) is 0 Å². The normalized spacial score (nSPS) is 15.8. The number of hydrogen-bond acceptors (Lipinski definition) is 4. The minimum atomic E-state index is 0.160. The molecule has 1 amide bonds. The number of aromatic nitrogens is 2. The van der Waals surface area contributed by atoms with Gasteiger partial charge in [-0.25, -0.2) is 0 Å². The summed E-state index contributed by atoms with van der Waals surface area (Å²) in [5, 5.41) is 4.46. The van der Waals surface area contributed by atoms with Crippen molar-refractivity contribution >= 4 is 18.1 Å². The molecule has 2 heterocycles. The van der Waals surface area contributed by atoms with Gasteiger partial charge in [0.1, 0.15) is 6.54 Å². The predicted molar refractivity (Wildman–Crippen MR) is 101 cm³/mol. The topological polar surface area (TPSA) is 55.7 Å². The minimum absolute atomic E-state index is 0.160. The second-order valence-corrected chi connectivity index (χ2v) is 7.72. The van der Waals surface area contributed by atoms with Crippen LogP contribution in [0.2, 0.25) is 0 Å². The van der Waals surface area contributed by atoms with Crippen LogP contribution < -0.4 is 4.90 Å². The highest BCUT2D eigenvalue weighted by Crippen LogP contribution is 2.15. The van der Waals surface area contributed by atoms with Gasteiger partial charge in [-0.05, 0) is 30.1 Å². The molecule has 1 aromatic heterocycles. The summed E-state index contributed by atoms with van der Waals surface area (Å²) < 4.78 is 7.29. The Morgan fingerprint density at radius 3 is 2.65 bits per heavy atom. The van der Waals surface area contributed by atoms with E-state index in [9.17, 15) is 4.79 Å². The molecule has 0 spiro atoms. The maximum atomic E-state index is 11.7. The number of nitrogens with zero attached hydrogens (tertiary/aromatic N) is 3. The molecule has 7 heteroatoms. The second kappa shape index (κ2) is 8.14. The largest absolute Gasteiger partial charge is 0.412 e. The Morgan fingerprint density at radius 2 is 2.04 bits per heavy atom. The van der Waals surface area contributed by atoms with Gasteiger partial charge in [-0.2, -0.15) is 4.68 Å². The molecular formula is C19H27N4O2S+. The summed E-state index contributed by atoms with van der Waals surface area (Å²) in [7, 11) is 2.11. The second-order valence-electron chi connectivity index (χ2n) is 7.37. The smallest absolute Gasteiger partial charge is 0.291 e. The van der Waals surface area contributed by atoms with E-state index in [1.54, 1.807) is 9.58 Å². The molecule has 26 heavy (non-hydrogen) atoms. The molecule has 1 aliphatic heterocycles. The molecule has 1 aliphatic rings. The highest BCUT2D eigenvalue weighted by Gasteiger charge is 2.22.